The van der Waals surface area contributed by atoms with E-state index in [0.29, 0.717) is 18.8 Å². The number of nitrogens with one attached hydrogen (secondary N) is 2. The number of benzene rings is 2. The number of sulfone groups is 1. The SMILES string of the molecule is CCOc1ccc(S(=O)(=O)Nc2ccc(C(=O)OCC(=O)NC3CCS(=O)(=O)C3)cc2)cc1. The average Bonchev–Trinajstić information content (AvgIpc) is 3.11. The third-order valence-corrected chi connectivity index (χ3v) is 7.91. The quantitative estimate of drug-likeness (QED) is 0.495. The predicted octanol–water partition coefficient (Wildman–Crippen LogP) is 1.35. The molecule has 0 spiro atoms. The van der Waals surface area contributed by atoms with E-state index in [0.717, 1.165) is 0 Å². The largest absolute Gasteiger partial charge is 0.494 e. The van der Waals surface area contributed by atoms with E-state index in [9.17, 15) is 26.4 Å². The molecule has 2 aromatic rings. The van der Waals surface area contributed by atoms with Crippen LogP contribution >= 0.6 is 0 Å². The first-order valence-corrected chi connectivity index (χ1v) is 13.4. The van der Waals surface area contributed by atoms with E-state index >= 15 is 0 Å². The second-order valence-electron chi connectivity index (χ2n) is 7.33. The molecule has 1 atom stereocenters. The highest BCUT2D eigenvalue weighted by Crippen LogP contribution is 2.20. The molecule has 0 aliphatic carbocycles. The number of esters is 1. The van der Waals surface area contributed by atoms with Crippen LogP contribution in [-0.2, 0) is 29.4 Å². The number of amides is 1. The molecule has 3 rings (SSSR count). The Kier molecular flexibility index (Phi) is 7.59. The number of hydrogen-bond acceptors (Lipinski definition) is 8. The minimum absolute atomic E-state index is 0.0203. The third-order valence-electron chi connectivity index (χ3n) is 4.75. The van der Waals surface area contributed by atoms with Crippen molar-refractivity contribution in [2.24, 2.45) is 0 Å². The van der Waals surface area contributed by atoms with Gasteiger partial charge in [0.15, 0.2) is 16.4 Å². The van der Waals surface area contributed by atoms with Crippen LogP contribution in [0.5, 0.6) is 5.75 Å². The molecule has 1 unspecified atom stereocenters. The molecule has 1 aliphatic rings. The van der Waals surface area contributed by atoms with Crippen molar-refractivity contribution in [1.82, 2.24) is 5.32 Å². The zero-order valence-electron chi connectivity index (χ0n) is 17.8. The van der Waals surface area contributed by atoms with E-state index < -0.39 is 44.4 Å². The van der Waals surface area contributed by atoms with Gasteiger partial charge in [0, 0.05) is 11.7 Å². The molecule has 12 heteroatoms. The summed E-state index contributed by atoms with van der Waals surface area (Å²) in [4.78, 5) is 24.1. The Hall–Kier alpha value is -3.12. The van der Waals surface area contributed by atoms with Crippen molar-refractivity contribution >= 4 is 37.4 Å². The van der Waals surface area contributed by atoms with Crippen molar-refractivity contribution < 1.29 is 35.9 Å². The number of ether oxygens (including phenoxy) is 2. The normalized spacial score (nSPS) is 17.2. The predicted molar refractivity (Wildman–Crippen MR) is 120 cm³/mol. The standard InChI is InChI=1S/C21H24N2O8S2/c1-2-30-18-7-9-19(10-8-18)33(28,29)23-16-5-3-15(4-6-16)21(25)31-13-20(24)22-17-11-12-32(26,27)14-17/h3-10,17,23H,2,11-14H2,1H3,(H,22,24). The number of hydrogen-bond donors (Lipinski definition) is 2. The van der Waals surface area contributed by atoms with Crippen molar-refractivity contribution in [3.8, 4) is 5.75 Å². The molecule has 10 nitrogen and oxygen atoms in total. The molecule has 0 radical (unpaired) electrons. The summed E-state index contributed by atoms with van der Waals surface area (Å²) >= 11 is 0. The summed E-state index contributed by atoms with van der Waals surface area (Å²) in [5, 5.41) is 2.52. The zero-order chi connectivity index (χ0) is 24.1. The van der Waals surface area contributed by atoms with E-state index in [1.165, 1.54) is 36.4 Å². The Morgan fingerprint density at radius 1 is 1.06 bits per heavy atom. The van der Waals surface area contributed by atoms with Crippen LogP contribution in [0.3, 0.4) is 0 Å². The molecular weight excluding hydrogens is 472 g/mol. The van der Waals surface area contributed by atoms with Crippen molar-refractivity contribution in [2.75, 3.05) is 29.4 Å². The third kappa shape index (κ3) is 6.93. The van der Waals surface area contributed by atoms with Crippen LogP contribution in [0.2, 0.25) is 0 Å². The number of carbonyl (C=O) groups excluding carboxylic acids is 2. The number of rotatable bonds is 9. The summed E-state index contributed by atoms with van der Waals surface area (Å²) in [5.41, 5.74) is 0.357. The molecule has 1 heterocycles. The zero-order valence-corrected chi connectivity index (χ0v) is 19.4. The maximum atomic E-state index is 12.5. The van der Waals surface area contributed by atoms with Gasteiger partial charge in [0.05, 0.1) is 28.6 Å². The van der Waals surface area contributed by atoms with Gasteiger partial charge in [-0.05, 0) is 61.9 Å². The van der Waals surface area contributed by atoms with Crippen LogP contribution < -0.4 is 14.8 Å². The Labute approximate surface area is 192 Å². The first kappa shape index (κ1) is 24.5. The lowest BCUT2D eigenvalue weighted by molar-refractivity contribution is -0.124. The van der Waals surface area contributed by atoms with Crippen molar-refractivity contribution in [3.63, 3.8) is 0 Å². The van der Waals surface area contributed by atoms with Crippen LogP contribution in [0.25, 0.3) is 0 Å². The molecule has 33 heavy (non-hydrogen) atoms. The van der Waals surface area contributed by atoms with E-state index in [-0.39, 0.29) is 27.7 Å². The van der Waals surface area contributed by atoms with Gasteiger partial charge < -0.3 is 14.8 Å². The summed E-state index contributed by atoms with van der Waals surface area (Å²) in [5.74, 6) is -0.913. The van der Waals surface area contributed by atoms with Gasteiger partial charge >= 0.3 is 5.97 Å². The Balaban J connectivity index is 1.52. The van der Waals surface area contributed by atoms with Crippen molar-refractivity contribution in [1.29, 1.82) is 0 Å². The Morgan fingerprint density at radius 3 is 2.30 bits per heavy atom. The van der Waals surface area contributed by atoms with Gasteiger partial charge in [0.25, 0.3) is 15.9 Å². The second kappa shape index (κ2) is 10.2. The smallest absolute Gasteiger partial charge is 0.338 e. The van der Waals surface area contributed by atoms with Crippen LogP contribution in [0.15, 0.2) is 53.4 Å². The summed E-state index contributed by atoms with van der Waals surface area (Å²) in [6.07, 6.45) is 0.329. The van der Waals surface area contributed by atoms with Gasteiger partial charge in [0.2, 0.25) is 0 Å². The highest BCUT2D eigenvalue weighted by atomic mass is 32.2. The second-order valence-corrected chi connectivity index (χ2v) is 11.2. The van der Waals surface area contributed by atoms with Crippen molar-refractivity contribution in [2.45, 2.75) is 24.3 Å². The number of sulfonamides is 1. The molecule has 178 valence electrons. The van der Waals surface area contributed by atoms with Gasteiger partial charge in [-0.1, -0.05) is 0 Å². The highest BCUT2D eigenvalue weighted by molar-refractivity contribution is 7.92. The molecule has 1 fully saturated rings. The maximum Gasteiger partial charge on any atom is 0.338 e. The molecule has 2 aromatic carbocycles. The highest BCUT2D eigenvalue weighted by Gasteiger charge is 2.29. The monoisotopic (exact) mass is 496 g/mol. The lowest BCUT2D eigenvalue weighted by Crippen LogP contribution is -2.38. The summed E-state index contributed by atoms with van der Waals surface area (Å²) in [6.45, 7) is 1.74. The van der Waals surface area contributed by atoms with Gasteiger partial charge in [-0.3, -0.25) is 9.52 Å². The van der Waals surface area contributed by atoms with Gasteiger partial charge in [-0.2, -0.15) is 0 Å². The van der Waals surface area contributed by atoms with Gasteiger partial charge in [-0.15, -0.1) is 0 Å². The Bertz CT molecular complexity index is 1210. The minimum atomic E-state index is -3.84. The van der Waals surface area contributed by atoms with E-state index in [2.05, 4.69) is 10.0 Å². The minimum Gasteiger partial charge on any atom is -0.494 e. The molecule has 0 bridgehead atoms. The lowest BCUT2D eigenvalue weighted by Gasteiger charge is -2.11. The fraction of sp³-hybridized carbons (Fsp3) is 0.333. The number of anilines is 1. The molecule has 0 saturated carbocycles. The van der Waals surface area contributed by atoms with Crippen LogP contribution in [0.4, 0.5) is 5.69 Å². The Morgan fingerprint density at radius 2 is 1.73 bits per heavy atom. The van der Waals surface area contributed by atoms with Gasteiger partial charge in [-0.25, -0.2) is 21.6 Å². The van der Waals surface area contributed by atoms with Crippen molar-refractivity contribution in [3.05, 3.63) is 54.1 Å². The van der Waals surface area contributed by atoms with E-state index in [1.54, 1.807) is 12.1 Å². The fourth-order valence-electron chi connectivity index (χ4n) is 3.16. The van der Waals surface area contributed by atoms with Crippen LogP contribution in [0.1, 0.15) is 23.7 Å². The summed E-state index contributed by atoms with van der Waals surface area (Å²) < 4.78 is 60.5. The van der Waals surface area contributed by atoms with E-state index in [1.807, 2.05) is 6.92 Å². The van der Waals surface area contributed by atoms with E-state index in [4.69, 9.17) is 9.47 Å². The molecule has 0 aromatic heterocycles. The lowest BCUT2D eigenvalue weighted by atomic mass is 10.2. The molecule has 1 amide bonds. The fourth-order valence-corrected chi connectivity index (χ4v) is 5.89. The summed E-state index contributed by atoms with van der Waals surface area (Å²) in [6, 6.07) is 11.0. The first-order chi connectivity index (χ1) is 15.6. The molecule has 1 aliphatic heterocycles. The van der Waals surface area contributed by atoms with Crippen LogP contribution in [0, 0.1) is 0 Å². The molecule has 2 N–H and O–H groups in total. The topological polar surface area (TPSA) is 145 Å². The first-order valence-electron chi connectivity index (χ1n) is 10.1. The van der Waals surface area contributed by atoms with Crippen LogP contribution in [-0.4, -0.2) is 59.5 Å². The average molecular weight is 497 g/mol. The molecule has 1 saturated heterocycles. The number of carbonyl (C=O) groups is 2. The molecular formula is C21H24N2O8S2. The van der Waals surface area contributed by atoms with Gasteiger partial charge in [0.1, 0.15) is 5.75 Å². The maximum absolute atomic E-state index is 12.5. The summed E-state index contributed by atoms with van der Waals surface area (Å²) in [7, 11) is -6.97.